The molecule has 1 atom stereocenters. The zero-order chi connectivity index (χ0) is 19.1. The summed E-state index contributed by atoms with van der Waals surface area (Å²) in [6, 6.07) is 4.27. The fourth-order valence-electron chi connectivity index (χ4n) is 3.69. The number of hydrogen-bond acceptors (Lipinski definition) is 6. The lowest BCUT2D eigenvalue weighted by atomic mass is 10.0. The van der Waals surface area contributed by atoms with E-state index in [4.69, 9.17) is 14.2 Å². The standard InChI is InChI=1S/C20H34N2O4/c1-15(2)12-22-8-7-21(14-17(22)6-9-23)13-16-10-19(25-4)20(26-5)11-18(16)24-3/h10-11,15,17,23H,6-9,12-14H2,1-5H3/t17-/m0/s1. The highest BCUT2D eigenvalue weighted by Gasteiger charge is 2.27. The van der Waals surface area contributed by atoms with Crippen molar-refractivity contribution in [2.45, 2.75) is 32.9 Å². The SMILES string of the molecule is COc1cc(OC)c(OC)cc1CN1CCN(CC(C)C)[C@@H](CCO)C1. The van der Waals surface area contributed by atoms with Crippen molar-refractivity contribution < 1.29 is 19.3 Å². The lowest BCUT2D eigenvalue weighted by Crippen LogP contribution is -2.53. The number of aliphatic hydroxyl groups excluding tert-OH is 1. The molecule has 1 saturated heterocycles. The third kappa shape index (κ3) is 5.25. The molecule has 148 valence electrons. The first-order chi connectivity index (χ1) is 12.5. The molecular formula is C20H34N2O4. The molecule has 0 unspecified atom stereocenters. The van der Waals surface area contributed by atoms with Crippen molar-refractivity contribution in [3.8, 4) is 17.2 Å². The van der Waals surface area contributed by atoms with E-state index < -0.39 is 0 Å². The van der Waals surface area contributed by atoms with Crippen LogP contribution in [0.25, 0.3) is 0 Å². The van der Waals surface area contributed by atoms with Gasteiger partial charge in [-0.15, -0.1) is 0 Å². The Morgan fingerprint density at radius 1 is 1.04 bits per heavy atom. The van der Waals surface area contributed by atoms with Crippen LogP contribution in [-0.4, -0.2) is 75.1 Å². The van der Waals surface area contributed by atoms with Gasteiger partial charge in [-0.1, -0.05) is 13.8 Å². The molecule has 1 aliphatic heterocycles. The molecule has 26 heavy (non-hydrogen) atoms. The van der Waals surface area contributed by atoms with Gasteiger partial charge in [0.2, 0.25) is 0 Å². The molecule has 0 amide bonds. The largest absolute Gasteiger partial charge is 0.496 e. The molecule has 1 aromatic rings. The summed E-state index contributed by atoms with van der Waals surface area (Å²) in [6.07, 6.45) is 0.812. The van der Waals surface area contributed by atoms with Gasteiger partial charge in [0, 0.05) is 57.0 Å². The third-order valence-electron chi connectivity index (χ3n) is 4.93. The fourth-order valence-corrected chi connectivity index (χ4v) is 3.69. The zero-order valence-corrected chi connectivity index (χ0v) is 16.8. The maximum Gasteiger partial charge on any atom is 0.164 e. The molecule has 0 bridgehead atoms. The second-order valence-electron chi connectivity index (χ2n) is 7.31. The average Bonchev–Trinajstić information content (AvgIpc) is 2.63. The maximum absolute atomic E-state index is 9.46. The Balaban J connectivity index is 2.13. The minimum atomic E-state index is 0.229. The number of nitrogens with zero attached hydrogens (tertiary/aromatic N) is 2. The van der Waals surface area contributed by atoms with Crippen LogP contribution in [0, 0.1) is 5.92 Å². The number of hydrogen-bond donors (Lipinski definition) is 1. The molecule has 6 nitrogen and oxygen atoms in total. The summed E-state index contributed by atoms with van der Waals surface area (Å²) < 4.78 is 16.4. The Bertz CT molecular complexity index is 565. The van der Waals surface area contributed by atoms with E-state index in [-0.39, 0.29) is 6.61 Å². The van der Waals surface area contributed by atoms with Gasteiger partial charge in [0.15, 0.2) is 11.5 Å². The highest BCUT2D eigenvalue weighted by Crippen LogP contribution is 2.35. The van der Waals surface area contributed by atoms with Crippen LogP contribution in [0.15, 0.2) is 12.1 Å². The van der Waals surface area contributed by atoms with E-state index in [1.165, 1.54) is 0 Å². The third-order valence-corrected chi connectivity index (χ3v) is 4.93. The second-order valence-corrected chi connectivity index (χ2v) is 7.31. The van der Waals surface area contributed by atoms with Crippen molar-refractivity contribution in [2.75, 3.05) is 54.1 Å². The molecule has 0 radical (unpaired) electrons. The molecule has 1 aliphatic rings. The van der Waals surface area contributed by atoms with E-state index in [0.29, 0.717) is 23.5 Å². The summed E-state index contributed by atoms with van der Waals surface area (Å²) in [7, 11) is 4.96. The Labute approximate surface area is 157 Å². The molecule has 1 N–H and O–H groups in total. The van der Waals surface area contributed by atoms with Crippen LogP contribution in [-0.2, 0) is 6.54 Å². The quantitative estimate of drug-likeness (QED) is 0.723. The van der Waals surface area contributed by atoms with Gasteiger partial charge in [-0.3, -0.25) is 9.80 Å². The van der Waals surface area contributed by atoms with Gasteiger partial charge >= 0.3 is 0 Å². The van der Waals surface area contributed by atoms with E-state index in [1.807, 2.05) is 12.1 Å². The summed E-state index contributed by atoms with van der Waals surface area (Å²) in [4.78, 5) is 4.95. The molecular weight excluding hydrogens is 332 g/mol. The second kappa shape index (κ2) is 10.00. The molecule has 0 aromatic heterocycles. The molecule has 6 heteroatoms. The molecule has 0 saturated carbocycles. The smallest absolute Gasteiger partial charge is 0.164 e. The number of benzene rings is 1. The van der Waals surface area contributed by atoms with E-state index in [0.717, 1.165) is 50.5 Å². The van der Waals surface area contributed by atoms with Gasteiger partial charge in [-0.05, 0) is 18.4 Å². The summed E-state index contributed by atoms with van der Waals surface area (Å²) in [5, 5.41) is 9.46. The van der Waals surface area contributed by atoms with Crippen molar-refractivity contribution in [1.29, 1.82) is 0 Å². The number of piperazine rings is 1. The van der Waals surface area contributed by atoms with Crippen LogP contribution in [0.5, 0.6) is 17.2 Å². The number of methoxy groups -OCH3 is 3. The predicted molar refractivity (Wildman–Crippen MR) is 103 cm³/mol. The maximum atomic E-state index is 9.46. The van der Waals surface area contributed by atoms with Crippen molar-refractivity contribution >= 4 is 0 Å². The minimum absolute atomic E-state index is 0.229. The lowest BCUT2D eigenvalue weighted by molar-refractivity contribution is 0.0473. The Morgan fingerprint density at radius 2 is 1.69 bits per heavy atom. The summed E-state index contributed by atoms with van der Waals surface area (Å²) in [5.41, 5.74) is 1.09. The van der Waals surface area contributed by atoms with Gasteiger partial charge in [0.05, 0.1) is 21.3 Å². The van der Waals surface area contributed by atoms with Crippen LogP contribution >= 0.6 is 0 Å². The van der Waals surface area contributed by atoms with Gasteiger partial charge in [-0.25, -0.2) is 0 Å². The Kier molecular flexibility index (Phi) is 8.00. The van der Waals surface area contributed by atoms with Crippen molar-refractivity contribution in [3.63, 3.8) is 0 Å². The van der Waals surface area contributed by atoms with Crippen molar-refractivity contribution in [2.24, 2.45) is 5.92 Å². The summed E-state index contributed by atoms with van der Waals surface area (Å²) >= 11 is 0. The zero-order valence-electron chi connectivity index (χ0n) is 16.8. The van der Waals surface area contributed by atoms with Crippen molar-refractivity contribution in [3.05, 3.63) is 17.7 Å². The highest BCUT2D eigenvalue weighted by molar-refractivity contribution is 5.50. The molecule has 0 spiro atoms. The lowest BCUT2D eigenvalue weighted by Gasteiger charge is -2.42. The predicted octanol–water partition coefficient (Wildman–Crippen LogP) is 2.24. The monoisotopic (exact) mass is 366 g/mol. The van der Waals surface area contributed by atoms with Crippen LogP contribution in [0.3, 0.4) is 0 Å². The summed E-state index contributed by atoms with van der Waals surface area (Å²) in [6.45, 7) is 9.58. The molecule has 2 rings (SSSR count). The first kappa shape index (κ1) is 20.8. The van der Waals surface area contributed by atoms with Gasteiger partial charge in [0.25, 0.3) is 0 Å². The topological polar surface area (TPSA) is 54.4 Å². The first-order valence-electron chi connectivity index (χ1n) is 9.38. The average molecular weight is 367 g/mol. The van der Waals surface area contributed by atoms with Crippen LogP contribution in [0.4, 0.5) is 0 Å². The van der Waals surface area contributed by atoms with Crippen LogP contribution in [0.1, 0.15) is 25.8 Å². The molecule has 1 heterocycles. The molecule has 1 aromatic carbocycles. The van der Waals surface area contributed by atoms with Crippen LogP contribution in [0.2, 0.25) is 0 Å². The number of ether oxygens (including phenoxy) is 3. The van der Waals surface area contributed by atoms with Gasteiger partial charge < -0.3 is 19.3 Å². The minimum Gasteiger partial charge on any atom is -0.496 e. The molecule has 1 fully saturated rings. The Morgan fingerprint density at radius 3 is 2.27 bits per heavy atom. The number of aliphatic hydroxyl groups is 1. The number of rotatable bonds is 9. The van der Waals surface area contributed by atoms with Gasteiger partial charge in [-0.2, -0.15) is 0 Å². The van der Waals surface area contributed by atoms with Gasteiger partial charge in [0.1, 0.15) is 5.75 Å². The Hall–Kier alpha value is -1.50. The molecule has 0 aliphatic carbocycles. The van der Waals surface area contributed by atoms with E-state index in [1.54, 1.807) is 21.3 Å². The normalized spacial score (nSPS) is 19.0. The van der Waals surface area contributed by atoms with Crippen LogP contribution < -0.4 is 14.2 Å². The highest BCUT2D eigenvalue weighted by atomic mass is 16.5. The van der Waals surface area contributed by atoms with Crippen molar-refractivity contribution in [1.82, 2.24) is 9.80 Å². The van der Waals surface area contributed by atoms with E-state index >= 15 is 0 Å². The van der Waals surface area contributed by atoms with E-state index in [9.17, 15) is 5.11 Å². The summed E-state index contributed by atoms with van der Waals surface area (Å²) in [5.74, 6) is 2.83. The first-order valence-corrected chi connectivity index (χ1v) is 9.38. The van der Waals surface area contributed by atoms with E-state index in [2.05, 4.69) is 23.6 Å². The fraction of sp³-hybridized carbons (Fsp3) is 0.700.